The van der Waals surface area contributed by atoms with Gasteiger partial charge in [0.15, 0.2) is 0 Å². The number of nitrogens with one attached hydrogen (secondary N) is 1. The van der Waals surface area contributed by atoms with E-state index in [9.17, 15) is 4.79 Å². The second-order valence-electron chi connectivity index (χ2n) is 3.47. The predicted molar refractivity (Wildman–Crippen MR) is 70.7 cm³/mol. The molecule has 1 aromatic rings. The Hall–Kier alpha value is -0.810. The Balaban J connectivity index is 2.26. The van der Waals surface area contributed by atoms with Crippen LogP contribution in [0.4, 0.5) is 0 Å². The van der Waals surface area contributed by atoms with Gasteiger partial charge in [0.25, 0.3) is 5.91 Å². The van der Waals surface area contributed by atoms with Crippen molar-refractivity contribution in [3.63, 3.8) is 0 Å². The zero-order chi connectivity index (χ0) is 11.5. The van der Waals surface area contributed by atoms with E-state index in [0.717, 1.165) is 15.7 Å². The molecule has 3 nitrogen and oxygen atoms in total. The number of hydrogen-bond donors (Lipinski definition) is 1. The van der Waals surface area contributed by atoms with E-state index < -0.39 is 0 Å². The molecule has 16 heavy (non-hydrogen) atoms. The molecule has 0 spiro atoms. The molecular weight excluding hydrogens is 288 g/mol. The van der Waals surface area contributed by atoms with Gasteiger partial charge >= 0.3 is 0 Å². The molecule has 1 aliphatic heterocycles. The first-order valence-corrected chi connectivity index (χ1v) is 6.94. The van der Waals surface area contributed by atoms with Gasteiger partial charge in [-0.2, -0.15) is 16.9 Å². The van der Waals surface area contributed by atoms with Gasteiger partial charge in [0.05, 0.1) is 11.0 Å². The van der Waals surface area contributed by atoms with Crippen LogP contribution in [0.15, 0.2) is 33.8 Å². The molecule has 1 atom stereocenters. The van der Waals surface area contributed by atoms with Crippen LogP contribution < -0.4 is 5.43 Å². The third-order valence-corrected chi connectivity index (χ3v) is 3.86. The van der Waals surface area contributed by atoms with E-state index in [4.69, 9.17) is 0 Å². The normalized spacial score (nSPS) is 20.2. The fraction of sp³-hybridized carbons (Fsp3) is 0.273. The van der Waals surface area contributed by atoms with Crippen LogP contribution in [0.2, 0.25) is 0 Å². The lowest BCUT2D eigenvalue weighted by atomic mass is 10.0. The van der Waals surface area contributed by atoms with Crippen molar-refractivity contribution in [2.45, 2.75) is 11.7 Å². The Morgan fingerprint density at radius 3 is 3.06 bits per heavy atom. The van der Waals surface area contributed by atoms with Gasteiger partial charge in [0, 0.05) is 10.9 Å². The number of nitrogens with zero attached hydrogens (tertiary/aromatic N) is 1. The van der Waals surface area contributed by atoms with E-state index in [2.05, 4.69) is 26.5 Å². The summed E-state index contributed by atoms with van der Waals surface area (Å²) in [5.41, 5.74) is 4.54. The molecule has 2 rings (SSSR count). The topological polar surface area (TPSA) is 41.5 Å². The first-order chi connectivity index (χ1) is 7.70. The molecule has 1 unspecified atom stereocenters. The van der Waals surface area contributed by atoms with Gasteiger partial charge in [-0.25, -0.2) is 5.43 Å². The largest absolute Gasteiger partial charge is 0.272 e. The summed E-state index contributed by atoms with van der Waals surface area (Å²) in [5.74, 6) is -0.00810. The third-order valence-electron chi connectivity index (χ3n) is 2.41. The summed E-state index contributed by atoms with van der Waals surface area (Å²) in [6, 6.07) is 7.94. The average molecular weight is 299 g/mol. The maximum atomic E-state index is 11.4. The molecular formula is C11H11BrN2OS. The SMILES string of the molecule is CSC1CC(c2cccc(Br)c2)=NNC1=O. The molecule has 1 heterocycles. The average Bonchev–Trinajstić information content (AvgIpc) is 2.29. The maximum absolute atomic E-state index is 11.4. The Bertz CT molecular complexity index is 447. The summed E-state index contributed by atoms with van der Waals surface area (Å²) in [4.78, 5) is 11.4. The van der Waals surface area contributed by atoms with Crippen molar-refractivity contribution in [3.8, 4) is 0 Å². The van der Waals surface area contributed by atoms with E-state index in [0.29, 0.717) is 6.42 Å². The van der Waals surface area contributed by atoms with Crippen molar-refractivity contribution >= 4 is 39.3 Å². The summed E-state index contributed by atoms with van der Waals surface area (Å²) >= 11 is 4.98. The molecule has 0 aliphatic carbocycles. The summed E-state index contributed by atoms with van der Waals surface area (Å²) in [6.07, 6.45) is 2.62. The van der Waals surface area contributed by atoms with Gasteiger partial charge in [0.2, 0.25) is 0 Å². The minimum absolute atomic E-state index is 0.00810. The van der Waals surface area contributed by atoms with E-state index in [1.54, 1.807) is 11.8 Å². The summed E-state index contributed by atoms with van der Waals surface area (Å²) in [7, 11) is 0. The molecule has 0 bridgehead atoms. The highest BCUT2D eigenvalue weighted by atomic mass is 79.9. The molecule has 1 aliphatic rings. The lowest BCUT2D eigenvalue weighted by Gasteiger charge is -2.19. The molecule has 0 fully saturated rings. The van der Waals surface area contributed by atoms with Gasteiger partial charge in [-0.1, -0.05) is 28.1 Å². The molecule has 0 saturated carbocycles. The molecule has 1 amide bonds. The van der Waals surface area contributed by atoms with Gasteiger partial charge < -0.3 is 0 Å². The van der Waals surface area contributed by atoms with Crippen LogP contribution >= 0.6 is 27.7 Å². The summed E-state index contributed by atoms with van der Waals surface area (Å²) in [5, 5.41) is 4.07. The predicted octanol–water partition coefficient (Wildman–Crippen LogP) is 2.40. The van der Waals surface area contributed by atoms with Crippen molar-refractivity contribution in [2.75, 3.05) is 6.26 Å². The van der Waals surface area contributed by atoms with E-state index in [1.807, 2.05) is 30.5 Å². The molecule has 0 aromatic heterocycles. The number of hydrogen-bond acceptors (Lipinski definition) is 3. The summed E-state index contributed by atoms with van der Waals surface area (Å²) < 4.78 is 1.02. The number of carbonyl (C=O) groups is 1. The number of halogens is 1. The number of thioether (sulfide) groups is 1. The van der Waals surface area contributed by atoms with Crippen LogP contribution in [-0.4, -0.2) is 23.1 Å². The number of hydrazone groups is 1. The van der Waals surface area contributed by atoms with Gasteiger partial charge in [-0.15, -0.1) is 0 Å². The van der Waals surface area contributed by atoms with Crippen LogP contribution in [0, 0.1) is 0 Å². The van der Waals surface area contributed by atoms with E-state index in [1.165, 1.54) is 0 Å². The first kappa shape index (κ1) is 11.7. The van der Waals surface area contributed by atoms with Crippen molar-refractivity contribution in [1.82, 2.24) is 5.43 Å². The van der Waals surface area contributed by atoms with Crippen molar-refractivity contribution < 1.29 is 4.79 Å². The second kappa shape index (κ2) is 5.01. The number of amides is 1. The monoisotopic (exact) mass is 298 g/mol. The summed E-state index contributed by atoms with van der Waals surface area (Å²) in [6.45, 7) is 0. The van der Waals surface area contributed by atoms with Crippen LogP contribution in [0.3, 0.4) is 0 Å². The van der Waals surface area contributed by atoms with E-state index >= 15 is 0 Å². The maximum Gasteiger partial charge on any atom is 0.253 e. The molecule has 5 heteroatoms. The fourth-order valence-corrected chi connectivity index (χ4v) is 2.54. The zero-order valence-corrected chi connectivity index (χ0v) is 11.1. The number of rotatable bonds is 2. The minimum Gasteiger partial charge on any atom is -0.272 e. The van der Waals surface area contributed by atoms with Gasteiger partial charge in [0.1, 0.15) is 0 Å². The quantitative estimate of drug-likeness (QED) is 0.911. The lowest BCUT2D eigenvalue weighted by Crippen LogP contribution is -2.36. The van der Waals surface area contributed by atoms with E-state index in [-0.39, 0.29) is 11.2 Å². The Labute approximate surface area is 107 Å². The van der Waals surface area contributed by atoms with Crippen LogP contribution in [0.25, 0.3) is 0 Å². The highest BCUT2D eigenvalue weighted by molar-refractivity contribution is 9.10. The lowest BCUT2D eigenvalue weighted by molar-refractivity contribution is -0.120. The zero-order valence-electron chi connectivity index (χ0n) is 8.74. The van der Waals surface area contributed by atoms with Crippen molar-refractivity contribution in [3.05, 3.63) is 34.3 Å². The minimum atomic E-state index is -0.0357. The van der Waals surface area contributed by atoms with Crippen LogP contribution in [-0.2, 0) is 4.79 Å². The molecule has 84 valence electrons. The smallest absolute Gasteiger partial charge is 0.253 e. The Kier molecular flexibility index (Phi) is 3.66. The standard InChI is InChI=1S/C11H11BrN2OS/c1-16-10-6-9(13-14-11(10)15)7-3-2-4-8(12)5-7/h2-5,10H,6H2,1H3,(H,14,15). The van der Waals surface area contributed by atoms with Gasteiger partial charge in [-0.3, -0.25) is 4.79 Å². The van der Waals surface area contributed by atoms with Crippen molar-refractivity contribution in [2.24, 2.45) is 5.10 Å². The highest BCUT2D eigenvalue weighted by Gasteiger charge is 2.24. The molecule has 1 aromatic carbocycles. The molecule has 0 saturated heterocycles. The van der Waals surface area contributed by atoms with Gasteiger partial charge in [-0.05, 0) is 24.0 Å². The third kappa shape index (κ3) is 2.47. The molecule has 1 N–H and O–H groups in total. The van der Waals surface area contributed by atoms with Crippen molar-refractivity contribution in [1.29, 1.82) is 0 Å². The number of carbonyl (C=O) groups excluding carboxylic acids is 1. The Morgan fingerprint density at radius 2 is 2.38 bits per heavy atom. The van der Waals surface area contributed by atoms with Crippen LogP contribution in [0.1, 0.15) is 12.0 Å². The fourth-order valence-electron chi connectivity index (χ4n) is 1.55. The molecule has 0 radical (unpaired) electrons. The second-order valence-corrected chi connectivity index (χ2v) is 5.43. The number of benzene rings is 1. The highest BCUT2D eigenvalue weighted by Crippen LogP contribution is 2.20. The first-order valence-electron chi connectivity index (χ1n) is 4.86. The van der Waals surface area contributed by atoms with Crippen LogP contribution in [0.5, 0.6) is 0 Å². The Morgan fingerprint density at radius 1 is 1.56 bits per heavy atom.